The van der Waals surface area contributed by atoms with Gasteiger partial charge < -0.3 is 38.8 Å². The van der Waals surface area contributed by atoms with E-state index in [1.807, 2.05) is 32.9 Å². The molecular weight excluding hydrogens is 550 g/mol. The summed E-state index contributed by atoms with van der Waals surface area (Å²) in [4.78, 5) is 0.0898. The zero-order chi connectivity index (χ0) is 30.0. The lowest BCUT2D eigenvalue weighted by atomic mass is 10.0. The maximum atomic E-state index is 13.7. The highest BCUT2D eigenvalue weighted by Gasteiger charge is 2.33. The molecule has 1 fully saturated rings. The Morgan fingerprint density at radius 1 is 0.902 bits per heavy atom. The van der Waals surface area contributed by atoms with Crippen LogP contribution in [0.25, 0.3) is 0 Å². The molecule has 0 bridgehead atoms. The first-order valence-corrected chi connectivity index (χ1v) is 15.8. The zero-order valence-corrected chi connectivity index (χ0v) is 25.8. The second-order valence-electron chi connectivity index (χ2n) is 10.0. The third-order valence-corrected chi connectivity index (χ3v) is 8.77. The Labute approximate surface area is 244 Å². The van der Waals surface area contributed by atoms with E-state index in [0.717, 1.165) is 5.56 Å². The molecular formula is C30H45NO9S. The number of sulfone groups is 1. The molecule has 3 unspecified atom stereocenters. The Morgan fingerprint density at radius 2 is 1.51 bits per heavy atom. The molecule has 1 heterocycles. The molecule has 1 aliphatic heterocycles. The maximum Gasteiger partial charge on any atom is 0.203 e. The topological polar surface area (TPSA) is 122 Å². The van der Waals surface area contributed by atoms with Crippen molar-refractivity contribution in [2.75, 3.05) is 53.4 Å². The lowest BCUT2D eigenvalue weighted by Crippen LogP contribution is -2.33. The van der Waals surface area contributed by atoms with E-state index in [2.05, 4.69) is 5.32 Å². The molecule has 2 N–H and O–H groups in total. The van der Waals surface area contributed by atoms with E-state index in [1.165, 1.54) is 0 Å². The second-order valence-corrected chi connectivity index (χ2v) is 12.0. The first kappa shape index (κ1) is 32.8. The minimum absolute atomic E-state index is 0.0433. The number of methoxy groups -OCH3 is 3. The molecule has 10 nitrogen and oxygen atoms in total. The predicted molar refractivity (Wildman–Crippen MR) is 157 cm³/mol. The fraction of sp³-hybridized carbons (Fsp3) is 0.600. The third kappa shape index (κ3) is 8.18. The number of aliphatic hydroxyl groups excluding tert-OH is 1. The van der Waals surface area contributed by atoms with Crippen LogP contribution in [0.1, 0.15) is 69.8 Å². The van der Waals surface area contributed by atoms with Crippen molar-refractivity contribution in [2.24, 2.45) is 0 Å². The van der Waals surface area contributed by atoms with Crippen molar-refractivity contribution >= 4 is 9.84 Å². The van der Waals surface area contributed by atoms with Gasteiger partial charge in [0.25, 0.3) is 0 Å². The van der Waals surface area contributed by atoms with Crippen molar-refractivity contribution in [3.63, 3.8) is 0 Å². The minimum atomic E-state index is -3.76. The molecule has 0 amide bonds. The maximum absolute atomic E-state index is 13.7. The molecule has 3 atom stereocenters. The van der Waals surface area contributed by atoms with E-state index < -0.39 is 9.84 Å². The van der Waals surface area contributed by atoms with Crippen LogP contribution in [-0.4, -0.2) is 73.0 Å². The highest BCUT2D eigenvalue weighted by atomic mass is 32.2. The molecule has 2 aromatic rings. The smallest absolute Gasteiger partial charge is 0.203 e. The van der Waals surface area contributed by atoms with Crippen LogP contribution in [0.2, 0.25) is 0 Å². The molecule has 230 valence electrons. The first-order chi connectivity index (χ1) is 19.7. The van der Waals surface area contributed by atoms with Gasteiger partial charge in [0.1, 0.15) is 4.90 Å². The molecule has 41 heavy (non-hydrogen) atoms. The summed E-state index contributed by atoms with van der Waals surface area (Å²) in [6.45, 7) is 6.91. The van der Waals surface area contributed by atoms with Gasteiger partial charge in [0.2, 0.25) is 5.75 Å². The van der Waals surface area contributed by atoms with Gasteiger partial charge in [0.05, 0.1) is 52.5 Å². The Balaban J connectivity index is 2.03. The van der Waals surface area contributed by atoms with E-state index >= 15 is 0 Å². The van der Waals surface area contributed by atoms with Crippen molar-refractivity contribution in [3.8, 4) is 28.7 Å². The Hall–Kier alpha value is -2.73. The van der Waals surface area contributed by atoms with Crippen LogP contribution in [0.5, 0.6) is 28.7 Å². The predicted octanol–water partition coefficient (Wildman–Crippen LogP) is 4.63. The van der Waals surface area contributed by atoms with Crippen LogP contribution in [0.15, 0.2) is 29.2 Å². The van der Waals surface area contributed by atoms with Gasteiger partial charge in [0.15, 0.2) is 32.8 Å². The van der Waals surface area contributed by atoms with Crippen LogP contribution in [0.3, 0.4) is 0 Å². The van der Waals surface area contributed by atoms with Crippen molar-refractivity contribution in [3.05, 3.63) is 35.4 Å². The summed E-state index contributed by atoms with van der Waals surface area (Å²) in [6, 6.07) is 6.96. The number of hydrogen-bond acceptors (Lipinski definition) is 10. The quantitative estimate of drug-likeness (QED) is 0.250. The first-order valence-electron chi connectivity index (χ1n) is 14.2. The SMILES string of the molecule is CCCOc1c(OCCCO)cc(C2CCC(c3cc(OC)c(OC)c(OC)c3)O2)cc1S(=O)(=O)CC(C)NCC. The van der Waals surface area contributed by atoms with Gasteiger partial charge in [-0.15, -0.1) is 0 Å². The fourth-order valence-electron chi connectivity index (χ4n) is 4.96. The van der Waals surface area contributed by atoms with Crippen molar-refractivity contribution in [1.29, 1.82) is 0 Å². The molecule has 1 saturated heterocycles. The van der Waals surface area contributed by atoms with E-state index in [1.54, 1.807) is 33.5 Å². The average molecular weight is 596 g/mol. The molecule has 0 saturated carbocycles. The molecule has 3 rings (SSSR count). The number of rotatable bonds is 17. The molecule has 1 aliphatic rings. The molecule has 0 aliphatic carbocycles. The average Bonchev–Trinajstić information content (AvgIpc) is 3.45. The number of hydrogen-bond donors (Lipinski definition) is 2. The van der Waals surface area contributed by atoms with Gasteiger partial charge in [-0.25, -0.2) is 8.42 Å². The molecule has 0 radical (unpaired) electrons. The summed E-state index contributed by atoms with van der Waals surface area (Å²) < 4.78 is 62.5. The largest absolute Gasteiger partial charge is 0.493 e. The Morgan fingerprint density at radius 3 is 2.05 bits per heavy atom. The summed E-state index contributed by atoms with van der Waals surface area (Å²) in [7, 11) is 0.934. The van der Waals surface area contributed by atoms with Gasteiger partial charge in [-0.05, 0) is 68.1 Å². The van der Waals surface area contributed by atoms with Crippen LogP contribution in [-0.2, 0) is 14.6 Å². The van der Waals surface area contributed by atoms with E-state index in [9.17, 15) is 13.5 Å². The summed E-state index contributed by atoms with van der Waals surface area (Å²) in [5, 5.41) is 12.5. The highest BCUT2D eigenvalue weighted by Crippen LogP contribution is 2.48. The number of aliphatic hydroxyl groups is 1. The van der Waals surface area contributed by atoms with Gasteiger partial charge >= 0.3 is 0 Å². The van der Waals surface area contributed by atoms with Crippen LogP contribution in [0.4, 0.5) is 0 Å². The molecule has 0 spiro atoms. The highest BCUT2D eigenvalue weighted by molar-refractivity contribution is 7.91. The zero-order valence-electron chi connectivity index (χ0n) is 25.0. The van der Waals surface area contributed by atoms with Crippen LogP contribution >= 0.6 is 0 Å². The Bertz CT molecular complexity index is 1210. The van der Waals surface area contributed by atoms with Gasteiger partial charge in [-0.1, -0.05) is 13.8 Å². The second kappa shape index (κ2) is 15.5. The Kier molecular flexibility index (Phi) is 12.4. The monoisotopic (exact) mass is 595 g/mol. The molecule has 11 heteroatoms. The van der Waals surface area contributed by atoms with E-state index in [4.69, 9.17) is 28.4 Å². The summed E-state index contributed by atoms with van der Waals surface area (Å²) in [5.41, 5.74) is 1.56. The van der Waals surface area contributed by atoms with Crippen molar-refractivity contribution in [2.45, 2.75) is 69.6 Å². The van der Waals surface area contributed by atoms with Gasteiger partial charge in [0, 0.05) is 19.1 Å². The van der Waals surface area contributed by atoms with E-state index in [0.29, 0.717) is 67.4 Å². The van der Waals surface area contributed by atoms with E-state index in [-0.39, 0.29) is 47.9 Å². The summed E-state index contributed by atoms with van der Waals surface area (Å²) in [6.07, 6.45) is 1.84. The van der Waals surface area contributed by atoms with Crippen LogP contribution in [0, 0.1) is 0 Å². The minimum Gasteiger partial charge on any atom is -0.493 e. The summed E-state index contributed by atoms with van der Waals surface area (Å²) >= 11 is 0. The molecule has 2 aromatic carbocycles. The normalized spacial score (nSPS) is 17.7. The van der Waals surface area contributed by atoms with Gasteiger partial charge in [-0.3, -0.25) is 0 Å². The van der Waals surface area contributed by atoms with Crippen LogP contribution < -0.4 is 29.0 Å². The van der Waals surface area contributed by atoms with Crippen molar-refractivity contribution < 1.29 is 41.9 Å². The third-order valence-electron chi connectivity index (χ3n) is 6.86. The standard InChI is InChI=1S/C30H45NO9S/c1-7-13-39-30-27(38-14-9-12-32)17-22(18-28(30)41(33,34)19-20(3)31-8-2)24-11-10-23(40-24)21-15-25(35-4)29(37-6)26(16-21)36-5/h15-18,20,23-24,31-32H,7-14,19H2,1-6H3. The summed E-state index contributed by atoms with van der Waals surface area (Å²) in [5.74, 6) is 2.02. The van der Waals surface area contributed by atoms with Gasteiger partial charge in [-0.2, -0.15) is 0 Å². The van der Waals surface area contributed by atoms with Crippen molar-refractivity contribution in [1.82, 2.24) is 5.32 Å². The molecule has 0 aromatic heterocycles. The lowest BCUT2D eigenvalue weighted by molar-refractivity contribution is 0.0434. The number of nitrogens with one attached hydrogen (secondary N) is 1. The fourth-order valence-corrected chi connectivity index (χ4v) is 6.67. The number of benzene rings is 2. The number of ether oxygens (including phenoxy) is 6. The lowest BCUT2D eigenvalue weighted by Gasteiger charge is -2.22.